The van der Waals surface area contributed by atoms with Crippen molar-refractivity contribution in [3.05, 3.63) is 54.1 Å². The van der Waals surface area contributed by atoms with Crippen LogP contribution in [0.1, 0.15) is 17.0 Å². The first-order valence-electron chi connectivity index (χ1n) is 8.06. The molecule has 1 aromatic carbocycles. The Balaban J connectivity index is 2.13. The number of fused-ring (bicyclic) bond motifs is 1. The van der Waals surface area contributed by atoms with Crippen LogP contribution in [0.3, 0.4) is 0 Å². The zero-order chi connectivity index (χ0) is 18.8. The number of benzene rings is 1. The normalized spacial score (nSPS) is 10.7. The molecule has 0 saturated heterocycles. The zero-order valence-corrected chi connectivity index (χ0v) is 15.6. The number of methoxy groups -OCH3 is 4. The molecule has 0 aliphatic carbocycles. The lowest BCUT2D eigenvalue weighted by Crippen LogP contribution is -2.00. The highest BCUT2D eigenvalue weighted by Crippen LogP contribution is 2.40. The molecule has 136 valence electrons. The maximum absolute atomic E-state index is 5.43. The van der Waals surface area contributed by atoms with E-state index in [-0.39, 0.29) is 0 Å². The van der Waals surface area contributed by atoms with Gasteiger partial charge in [0.1, 0.15) is 11.6 Å². The molecular weight excluding hydrogens is 332 g/mol. The molecule has 0 fully saturated rings. The van der Waals surface area contributed by atoms with Gasteiger partial charge in [0.15, 0.2) is 11.5 Å². The van der Waals surface area contributed by atoms with E-state index in [1.807, 2.05) is 41.9 Å². The largest absolute Gasteiger partial charge is 0.496 e. The SMILES string of the molecule is C=C(c1cc(OC)c(OC)c(OC)c1)c1ncc2c(C)c(OC)ccn12. The van der Waals surface area contributed by atoms with Gasteiger partial charge < -0.3 is 18.9 Å². The van der Waals surface area contributed by atoms with Crippen molar-refractivity contribution in [1.29, 1.82) is 0 Å². The fourth-order valence-corrected chi connectivity index (χ4v) is 3.01. The van der Waals surface area contributed by atoms with Crippen LogP contribution < -0.4 is 18.9 Å². The molecular formula is C20H22N2O4. The Bertz CT molecular complexity index is 950. The predicted molar refractivity (Wildman–Crippen MR) is 101 cm³/mol. The maximum atomic E-state index is 5.43. The van der Waals surface area contributed by atoms with Crippen LogP contribution in [-0.2, 0) is 0 Å². The van der Waals surface area contributed by atoms with Gasteiger partial charge in [0.25, 0.3) is 0 Å². The lowest BCUT2D eigenvalue weighted by Gasteiger charge is -2.15. The van der Waals surface area contributed by atoms with E-state index in [0.29, 0.717) is 17.2 Å². The van der Waals surface area contributed by atoms with Crippen LogP contribution in [0.5, 0.6) is 23.0 Å². The monoisotopic (exact) mass is 354 g/mol. The lowest BCUT2D eigenvalue weighted by atomic mass is 10.1. The van der Waals surface area contributed by atoms with Crippen molar-refractivity contribution < 1.29 is 18.9 Å². The van der Waals surface area contributed by atoms with E-state index in [2.05, 4.69) is 11.6 Å². The molecule has 0 radical (unpaired) electrons. The van der Waals surface area contributed by atoms with Crippen molar-refractivity contribution in [3.8, 4) is 23.0 Å². The van der Waals surface area contributed by atoms with Crippen LogP contribution in [0, 0.1) is 6.92 Å². The van der Waals surface area contributed by atoms with Gasteiger partial charge in [-0.15, -0.1) is 0 Å². The van der Waals surface area contributed by atoms with Gasteiger partial charge in [0.2, 0.25) is 5.75 Å². The molecule has 0 aliphatic rings. The molecule has 3 aromatic rings. The van der Waals surface area contributed by atoms with Gasteiger partial charge in [0.05, 0.1) is 40.2 Å². The van der Waals surface area contributed by atoms with E-state index in [4.69, 9.17) is 18.9 Å². The topological polar surface area (TPSA) is 54.2 Å². The summed E-state index contributed by atoms with van der Waals surface area (Å²) < 4.78 is 23.6. The number of pyridine rings is 1. The van der Waals surface area contributed by atoms with Gasteiger partial charge in [-0.05, 0) is 30.7 Å². The average molecular weight is 354 g/mol. The van der Waals surface area contributed by atoms with Crippen molar-refractivity contribution >= 4 is 11.1 Å². The first kappa shape index (κ1) is 17.7. The molecule has 2 heterocycles. The molecule has 6 heteroatoms. The van der Waals surface area contributed by atoms with Crippen LogP contribution >= 0.6 is 0 Å². The van der Waals surface area contributed by atoms with Crippen molar-refractivity contribution in [2.24, 2.45) is 0 Å². The van der Waals surface area contributed by atoms with E-state index in [9.17, 15) is 0 Å². The van der Waals surface area contributed by atoms with E-state index >= 15 is 0 Å². The highest BCUT2D eigenvalue weighted by atomic mass is 16.5. The predicted octanol–water partition coefficient (Wildman–Crippen LogP) is 3.74. The number of ether oxygens (including phenoxy) is 4. The number of aromatic nitrogens is 2. The molecule has 0 saturated carbocycles. The molecule has 6 nitrogen and oxygen atoms in total. The fraction of sp³-hybridized carbons (Fsp3) is 0.250. The summed E-state index contributed by atoms with van der Waals surface area (Å²) in [6, 6.07) is 5.64. The van der Waals surface area contributed by atoms with Crippen LogP contribution in [-0.4, -0.2) is 37.8 Å². The Morgan fingerprint density at radius 3 is 2.12 bits per heavy atom. The average Bonchev–Trinajstić information content (AvgIpc) is 3.11. The Kier molecular flexibility index (Phi) is 4.75. The Morgan fingerprint density at radius 1 is 0.962 bits per heavy atom. The molecule has 0 amide bonds. The van der Waals surface area contributed by atoms with Crippen molar-refractivity contribution in [2.75, 3.05) is 28.4 Å². The highest BCUT2D eigenvalue weighted by Gasteiger charge is 2.18. The number of hydrogen-bond acceptors (Lipinski definition) is 5. The summed E-state index contributed by atoms with van der Waals surface area (Å²) in [5.41, 5.74) is 3.56. The summed E-state index contributed by atoms with van der Waals surface area (Å²) >= 11 is 0. The molecule has 26 heavy (non-hydrogen) atoms. The van der Waals surface area contributed by atoms with Gasteiger partial charge in [0, 0.05) is 17.3 Å². The quantitative estimate of drug-likeness (QED) is 0.675. The number of nitrogens with zero attached hydrogens (tertiary/aromatic N) is 2. The summed E-state index contributed by atoms with van der Waals surface area (Å²) in [5.74, 6) is 3.24. The van der Waals surface area contributed by atoms with Gasteiger partial charge in [-0.3, -0.25) is 4.40 Å². The van der Waals surface area contributed by atoms with Crippen LogP contribution in [0.4, 0.5) is 0 Å². The van der Waals surface area contributed by atoms with Gasteiger partial charge in [-0.1, -0.05) is 6.58 Å². The molecule has 2 aromatic heterocycles. The second kappa shape index (κ2) is 7.00. The summed E-state index contributed by atoms with van der Waals surface area (Å²) in [6.45, 7) is 6.23. The van der Waals surface area contributed by atoms with E-state index in [1.54, 1.807) is 28.4 Å². The fourth-order valence-electron chi connectivity index (χ4n) is 3.01. The van der Waals surface area contributed by atoms with Crippen molar-refractivity contribution in [2.45, 2.75) is 6.92 Å². The summed E-state index contributed by atoms with van der Waals surface area (Å²) in [7, 11) is 6.41. The second-order valence-corrected chi connectivity index (χ2v) is 5.74. The summed E-state index contributed by atoms with van der Waals surface area (Å²) in [6.07, 6.45) is 3.74. The second-order valence-electron chi connectivity index (χ2n) is 5.74. The van der Waals surface area contributed by atoms with E-state index in [1.165, 1.54) is 0 Å². The van der Waals surface area contributed by atoms with Gasteiger partial charge in [-0.25, -0.2) is 4.98 Å². The van der Waals surface area contributed by atoms with Gasteiger partial charge >= 0.3 is 0 Å². The molecule has 3 rings (SSSR count). The molecule has 0 spiro atoms. The van der Waals surface area contributed by atoms with E-state index < -0.39 is 0 Å². The van der Waals surface area contributed by atoms with Crippen LogP contribution in [0.15, 0.2) is 37.2 Å². The van der Waals surface area contributed by atoms with Crippen LogP contribution in [0.25, 0.3) is 11.1 Å². The molecule has 0 atom stereocenters. The zero-order valence-electron chi connectivity index (χ0n) is 15.6. The van der Waals surface area contributed by atoms with Crippen molar-refractivity contribution in [3.63, 3.8) is 0 Å². The standard InChI is InChI=1S/C20H22N2O4/c1-12(14-9-17(24-4)19(26-6)18(10-14)25-5)20-21-11-15-13(2)16(23-3)7-8-22(15)20/h7-11H,1H2,2-6H3. The Hall–Kier alpha value is -3.15. The van der Waals surface area contributed by atoms with E-state index in [0.717, 1.165) is 33.8 Å². The smallest absolute Gasteiger partial charge is 0.203 e. The highest BCUT2D eigenvalue weighted by molar-refractivity contribution is 5.79. The van der Waals surface area contributed by atoms with Gasteiger partial charge in [-0.2, -0.15) is 0 Å². The first-order valence-corrected chi connectivity index (χ1v) is 8.06. The third-order valence-electron chi connectivity index (χ3n) is 4.43. The molecule has 0 bridgehead atoms. The third-order valence-corrected chi connectivity index (χ3v) is 4.43. The Labute approximate surface area is 152 Å². The first-order chi connectivity index (χ1) is 12.5. The lowest BCUT2D eigenvalue weighted by molar-refractivity contribution is 0.324. The summed E-state index contributed by atoms with van der Waals surface area (Å²) in [4.78, 5) is 4.56. The number of imidazole rings is 1. The maximum Gasteiger partial charge on any atom is 0.203 e. The molecule has 0 aliphatic heterocycles. The molecule has 0 N–H and O–H groups in total. The number of hydrogen-bond donors (Lipinski definition) is 0. The molecule has 0 unspecified atom stereocenters. The minimum atomic E-state index is 0.542. The third kappa shape index (κ3) is 2.73. The number of aryl methyl sites for hydroxylation is 1. The van der Waals surface area contributed by atoms with Crippen molar-refractivity contribution in [1.82, 2.24) is 9.38 Å². The Morgan fingerprint density at radius 2 is 1.58 bits per heavy atom. The minimum absolute atomic E-state index is 0.542. The number of rotatable bonds is 6. The summed E-state index contributed by atoms with van der Waals surface area (Å²) in [5, 5.41) is 0. The minimum Gasteiger partial charge on any atom is -0.496 e. The van der Waals surface area contributed by atoms with Crippen LogP contribution in [0.2, 0.25) is 0 Å².